The predicted molar refractivity (Wildman–Crippen MR) is 122 cm³/mol. The Balaban J connectivity index is 1.54. The molecule has 1 amide bonds. The number of rotatable bonds is 6. The molecule has 32 heavy (non-hydrogen) atoms. The highest BCUT2D eigenvalue weighted by atomic mass is 16.6. The molecule has 0 aliphatic carbocycles. The van der Waals surface area contributed by atoms with E-state index in [1.54, 1.807) is 19.1 Å². The monoisotopic (exact) mass is 427 g/mol. The van der Waals surface area contributed by atoms with Crippen LogP contribution in [0.5, 0.6) is 0 Å². The van der Waals surface area contributed by atoms with Gasteiger partial charge in [-0.1, -0.05) is 72.8 Å². The molecule has 0 radical (unpaired) electrons. The Morgan fingerprint density at radius 3 is 2.25 bits per heavy atom. The number of hydrogen-bond donors (Lipinski definition) is 2. The maximum atomic E-state index is 12.8. The number of nitro benzene ring substituents is 1. The van der Waals surface area contributed by atoms with E-state index in [1.807, 2.05) is 60.7 Å². The molecule has 0 bridgehead atoms. The molecule has 8 heteroatoms. The van der Waals surface area contributed by atoms with Gasteiger partial charge in [0.1, 0.15) is 11.3 Å². The summed E-state index contributed by atoms with van der Waals surface area (Å²) in [5.74, 6) is -0.434. The molecule has 1 heterocycles. The molecule has 160 valence electrons. The first kappa shape index (κ1) is 20.9. The second-order valence-corrected chi connectivity index (χ2v) is 7.43. The van der Waals surface area contributed by atoms with Crippen LogP contribution in [0.2, 0.25) is 0 Å². The first-order chi connectivity index (χ1) is 15.5. The molecule has 0 fully saturated rings. The summed E-state index contributed by atoms with van der Waals surface area (Å²) < 4.78 is 0. The Labute approximate surface area is 184 Å². The first-order valence-electron chi connectivity index (χ1n) is 10.0. The van der Waals surface area contributed by atoms with Gasteiger partial charge in [-0.15, -0.1) is 0 Å². The normalized spacial score (nSPS) is 14.9. The number of hydrogen-bond acceptors (Lipinski definition) is 6. The van der Waals surface area contributed by atoms with Crippen molar-refractivity contribution in [3.63, 3.8) is 0 Å². The van der Waals surface area contributed by atoms with Gasteiger partial charge in [0.25, 0.3) is 11.6 Å². The smallest absolute Gasteiger partial charge is 0.287 e. The van der Waals surface area contributed by atoms with Crippen LogP contribution in [0.4, 0.5) is 5.69 Å². The van der Waals surface area contributed by atoms with Crippen LogP contribution in [0.15, 0.2) is 95.1 Å². The second-order valence-electron chi connectivity index (χ2n) is 7.43. The molecule has 0 spiro atoms. The van der Waals surface area contributed by atoms with Gasteiger partial charge in [-0.05, 0) is 18.1 Å². The summed E-state index contributed by atoms with van der Waals surface area (Å²) in [7, 11) is 0. The number of hydrazone groups is 2. The molecule has 1 aliphatic heterocycles. The van der Waals surface area contributed by atoms with Gasteiger partial charge in [-0.25, -0.2) is 5.43 Å². The third-order valence-corrected chi connectivity index (χ3v) is 5.41. The molecule has 0 saturated carbocycles. The van der Waals surface area contributed by atoms with E-state index in [4.69, 9.17) is 0 Å². The molecule has 0 saturated heterocycles. The van der Waals surface area contributed by atoms with Crippen LogP contribution in [-0.2, 0) is 10.3 Å². The molecule has 3 aromatic rings. The van der Waals surface area contributed by atoms with Crippen LogP contribution < -0.4 is 10.9 Å². The van der Waals surface area contributed by atoms with Crippen molar-refractivity contribution in [3.05, 3.63) is 112 Å². The van der Waals surface area contributed by atoms with E-state index in [9.17, 15) is 14.9 Å². The second kappa shape index (κ2) is 8.81. The number of carbonyl (C=O) groups excluding carboxylic acids is 1. The van der Waals surface area contributed by atoms with Gasteiger partial charge in [0.05, 0.1) is 10.6 Å². The van der Waals surface area contributed by atoms with Crippen LogP contribution in [0.1, 0.15) is 30.0 Å². The van der Waals surface area contributed by atoms with E-state index in [2.05, 4.69) is 21.1 Å². The van der Waals surface area contributed by atoms with E-state index in [-0.39, 0.29) is 5.69 Å². The Morgan fingerprint density at radius 2 is 1.66 bits per heavy atom. The van der Waals surface area contributed by atoms with Crippen LogP contribution in [-0.4, -0.2) is 22.3 Å². The van der Waals surface area contributed by atoms with Crippen LogP contribution in [0.25, 0.3) is 0 Å². The minimum Gasteiger partial charge on any atom is -0.294 e. The van der Waals surface area contributed by atoms with Crippen molar-refractivity contribution >= 4 is 23.0 Å². The Bertz CT molecular complexity index is 1170. The van der Waals surface area contributed by atoms with Crippen molar-refractivity contribution in [2.24, 2.45) is 10.2 Å². The minimum atomic E-state index is -0.659. The fourth-order valence-corrected chi connectivity index (χ4v) is 3.68. The van der Waals surface area contributed by atoms with Gasteiger partial charge >= 0.3 is 0 Å². The number of non-ortho nitro benzene ring substituents is 1. The van der Waals surface area contributed by atoms with Crippen molar-refractivity contribution in [2.45, 2.75) is 18.9 Å². The van der Waals surface area contributed by atoms with Crippen LogP contribution in [0.3, 0.4) is 0 Å². The molecule has 3 aromatic carbocycles. The van der Waals surface area contributed by atoms with E-state index in [0.717, 1.165) is 11.1 Å². The quantitative estimate of drug-likeness (QED) is 0.355. The fraction of sp³-hybridized carbons (Fsp3) is 0.125. The van der Waals surface area contributed by atoms with Gasteiger partial charge in [0.15, 0.2) is 0 Å². The standard InChI is InChI=1S/C24H21N5O3/c1-17(18-9-8-14-21(15-18)29(31)32)25-27-23(30)22-16-24(28-26-22,19-10-4-2-5-11-19)20-12-6-3-7-13-20/h2-15,28H,16H2,1H3,(H,27,30). The van der Waals surface area contributed by atoms with Gasteiger partial charge < -0.3 is 0 Å². The lowest BCUT2D eigenvalue weighted by molar-refractivity contribution is -0.384. The highest BCUT2D eigenvalue weighted by Gasteiger charge is 2.41. The average molecular weight is 427 g/mol. The van der Waals surface area contributed by atoms with Gasteiger partial charge in [-0.2, -0.15) is 10.2 Å². The molecule has 0 aromatic heterocycles. The van der Waals surface area contributed by atoms with E-state index >= 15 is 0 Å². The van der Waals surface area contributed by atoms with Crippen molar-refractivity contribution in [2.75, 3.05) is 0 Å². The van der Waals surface area contributed by atoms with Gasteiger partial charge in [-0.3, -0.25) is 20.3 Å². The molecular formula is C24H21N5O3. The largest absolute Gasteiger partial charge is 0.294 e. The fourth-order valence-electron chi connectivity index (χ4n) is 3.68. The summed E-state index contributed by atoms with van der Waals surface area (Å²) in [6, 6.07) is 25.8. The SMILES string of the molecule is CC(=NNC(=O)C1=NNC(c2ccccc2)(c2ccccc2)C1)c1cccc([N+](=O)[O-])c1. The molecular weight excluding hydrogens is 406 g/mol. The number of nitro groups is 1. The van der Waals surface area contributed by atoms with Crippen LogP contribution in [0, 0.1) is 10.1 Å². The van der Waals surface area contributed by atoms with Crippen LogP contribution >= 0.6 is 0 Å². The third-order valence-electron chi connectivity index (χ3n) is 5.41. The molecule has 0 unspecified atom stereocenters. The first-order valence-corrected chi connectivity index (χ1v) is 10.0. The zero-order chi connectivity index (χ0) is 22.6. The van der Waals surface area contributed by atoms with Crippen molar-refractivity contribution in [1.82, 2.24) is 10.9 Å². The molecule has 4 rings (SSSR count). The molecule has 8 nitrogen and oxygen atoms in total. The maximum absolute atomic E-state index is 12.8. The summed E-state index contributed by atoms with van der Waals surface area (Å²) in [6.07, 6.45) is 0.345. The number of benzene rings is 3. The minimum absolute atomic E-state index is 0.0387. The highest BCUT2D eigenvalue weighted by Crippen LogP contribution is 2.36. The predicted octanol–water partition coefficient (Wildman–Crippen LogP) is 3.73. The zero-order valence-corrected chi connectivity index (χ0v) is 17.4. The third kappa shape index (κ3) is 4.11. The Kier molecular flexibility index (Phi) is 5.76. The Morgan fingerprint density at radius 1 is 1.03 bits per heavy atom. The summed E-state index contributed by atoms with van der Waals surface area (Å²) >= 11 is 0. The lowest BCUT2D eigenvalue weighted by Crippen LogP contribution is -2.38. The van der Waals surface area contributed by atoms with E-state index in [0.29, 0.717) is 23.4 Å². The summed E-state index contributed by atoms with van der Waals surface area (Å²) in [4.78, 5) is 23.3. The average Bonchev–Trinajstić information content (AvgIpc) is 3.30. The molecule has 2 N–H and O–H groups in total. The highest BCUT2D eigenvalue weighted by molar-refractivity contribution is 6.39. The maximum Gasteiger partial charge on any atom is 0.287 e. The summed E-state index contributed by atoms with van der Waals surface area (Å²) in [5, 5.41) is 19.4. The van der Waals surface area contributed by atoms with Crippen molar-refractivity contribution < 1.29 is 9.72 Å². The zero-order valence-electron chi connectivity index (χ0n) is 17.4. The number of carbonyl (C=O) groups is 1. The molecule has 0 atom stereocenters. The lowest BCUT2D eigenvalue weighted by Gasteiger charge is -2.30. The van der Waals surface area contributed by atoms with E-state index in [1.165, 1.54) is 12.1 Å². The van der Waals surface area contributed by atoms with Crippen molar-refractivity contribution in [1.29, 1.82) is 0 Å². The number of amides is 1. The summed E-state index contributed by atoms with van der Waals surface area (Å²) in [5.41, 5.74) is 8.30. The number of nitrogens with zero attached hydrogens (tertiary/aromatic N) is 3. The van der Waals surface area contributed by atoms with E-state index < -0.39 is 16.4 Å². The van der Waals surface area contributed by atoms with Gasteiger partial charge in [0.2, 0.25) is 0 Å². The topological polar surface area (TPSA) is 109 Å². The lowest BCUT2D eigenvalue weighted by atomic mass is 9.80. The number of nitrogens with one attached hydrogen (secondary N) is 2. The van der Waals surface area contributed by atoms with Gasteiger partial charge in [0, 0.05) is 24.1 Å². The molecule has 1 aliphatic rings. The Hall–Kier alpha value is -4.33. The summed E-state index contributed by atoms with van der Waals surface area (Å²) in [6.45, 7) is 1.67. The van der Waals surface area contributed by atoms with Crippen molar-refractivity contribution in [3.8, 4) is 0 Å².